The van der Waals surface area contributed by atoms with E-state index in [2.05, 4.69) is 24.5 Å². The van der Waals surface area contributed by atoms with E-state index in [9.17, 15) is 18.0 Å². The minimum atomic E-state index is -4.45. The number of carbonyl (C=O) groups is 1. The number of anilines is 1. The van der Waals surface area contributed by atoms with Crippen LogP contribution >= 0.6 is 0 Å². The first-order valence-corrected chi connectivity index (χ1v) is 12.2. The van der Waals surface area contributed by atoms with Gasteiger partial charge in [0.2, 0.25) is 5.91 Å². The molecule has 36 heavy (non-hydrogen) atoms. The van der Waals surface area contributed by atoms with Crippen LogP contribution in [0.3, 0.4) is 0 Å². The molecule has 1 amide bonds. The van der Waals surface area contributed by atoms with E-state index < -0.39 is 23.8 Å². The fraction of sp³-hybridized carbons (Fsp3) is 0.429. The maximum atomic E-state index is 13.4. The zero-order chi connectivity index (χ0) is 26.3. The quantitative estimate of drug-likeness (QED) is 0.416. The van der Waals surface area contributed by atoms with Gasteiger partial charge in [-0.3, -0.25) is 14.8 Å². The maximum Gasteiger partial charge on any atom is 0.416 e. The number of amides is 1. The normalized spacial score (nSPS) is 20.6. The van der Waals surface area contributed by atoms with Crippen molar-refractivity contribution in [2.45, 2.75) is 76.7 Å². The van der Waals surface area contributed by atoms with Crippen molar-refractivity contribution in [1.82, 2.24) is 15.1 Å². The van der Waals surface area contributed by atoms with E-state index in [0.29, 0.717) is 23.6 Å². The monoisotopic (exact) mass is 498 g/mol. The van der Waals surface area contributed by atoms with E-state index in [4.69, 9.17) is 5.10 Å². The molecule has 0 saturated carbocycles. The van der Waals surface area contributed by atoms with Crippen LogP contribution in [0, 0.1) is 0 Å². The second-order valence-electron chi connectivity index (χ2n) is 10.8. The lowest BCUT2D eigenvalue weighted by Crippen LogP contribution is -2.36. The van der Waals surface area contributed by atoms with Crippen molar-refractivity contribution in [3.8, 4) is 0 Å². The average molecular weight is 499 g/mol. The first kappa shape index (κ1) is 25.9. The molecule has 1 saturated heterocycles. The third kappa shape index (κ3) is 5.64. The number of halogens is 3. The number of rotatable bonds is 5. The van der Waals surface area contributed by atoms with Crippen molar-refractivity contribution in [1.29, 1.82) is 0 Å². The van der Waals surface area contributed by atoms with Gasteiger partial charge < -0.3 is 5.32 Å². The van der Waals surface area contributed by atoms with E-state index in [1.54, 1.807) is 6.07 Å². The van der Waals surface area contributed by atoms with Crippen molar-refractivity contribution < 1.29 is 18.0 Å². The third-order valence-corrected chi connectivity index (χ3v) is 6.66. The number of carbonyl (C=O) groups excluding carboxylic acids is 1. The molecule has 0 bridgehead atoms. The summed E-state index contributed by atoms with van der Waals surface area (Å²) in [5.74, 6) is -0.167. The van der Waals surface area contributed by atoms with Crippen molar-refractivity contribution in [3.63, 3.8) is 0 Å². The van der Waals surface area contributed by atoms with E-state index in [0.717, 1.165) is 23.4 Å². The molecular weight excluding hydrogens is 465 g/mol. The molecule has 8 heteroatoms. The van der Waals surface area contributed by atoms with Gasteiger partial charge in [-0.05, 0) is 74.6 Å². The molecule has 3 aromatic rings. The molecule has 0 spiro atoms. The Morgan fingerprint density at radius 2 is 1.81 bits per heavy atom. The number of benzene rings is 2. The summed E-state index contributed by atoms with van der Waals surface area (Å²) in [4.78, 5) is 13.3. The van der Waals surface area contributed by atoms with Crippen LogP contribution < -0.4 is 10.6 Å². The summed E-state index contributed by atoms with van der Waals surface area (Å²) in [5, 5.41) is 11.0. The van der Waals surface area contributed by atoms with Gasteiger partial charge in [-0.1, -0.05) is 38.1 Å². The summed E-state index contributed by atoms with van der Waals surface area (Å²) < 4.78 is 42.2. The van der Waals surface area contributed by atoms with Gasteiger partial charge in [0, 0.05) is 23.8 Å². The van der Waals surface area contributed by atoms with Gasteiger partial charge in [-0.2, -0.15) is 18.3 Å². The fourth-order valence-corrected chi connectivity index (χ4v) is 4.62. The largest absolute Gasteiger partial charge is 0.416 e. The number of nitrogens with zero attached hydrogens (tertiary/aromatic N) is 2. The fourth-order valence-electron chi connectivity index (χ4n) is 4.62. The van der Waals surface area contributed by atoms with Crippen LogP contribution in [0.15, 0.2) is 60.8 Å². The molecule has 1 aliphatic rings. The van der Waals surface area contributed by atoms with Crippen molar-refractivity contribution in [2.24, 2.45) is 0 Å². The van der Waals surface area contributed by atoms with Crippen LogP contribution in [-0.2, 0) is 16.5 Å². The highest BCUT2D eigenvalue weighted by molar-refractivity contribution is 5.95. The highest BCUT2D eigenvalue weighted by atomic mass is 19.4. The van der Waals surface area contributed by atoms with E-state index in [1.807, 2.05) is 62.0 Å². The molecule has 5 nitrogen and oxygen atoms in total. The summed E-state index contributed by atoms with van der Waals surface area (Å²) in [6, 6.07) is 13.8. The van der Waals surface area contributed by atoms with E-state index in [-0.39, 0.29) is 17.4 Å². The van der Waals surface area contributed by atoms with Crippen molar-refractivity contribution >= 4 is 11.6 Å². The number of aromatic nitrogens is 2. The van der Waals surface area contributed by atoms with Gasteiger partial charge in [-0.15, -0.1) is 0 Å². The lowest BCUT2D eigenvalue weighted by atomic mass is 9.90. The van der Waals surface area contributed by atoms with Gasteiger partial charge in [0.1, 0.15) is 0 Å². The average Bonchev–Trinajstić information content (AvgIpc) is 3.46. The summed E-state index contributed by atoms with van der Waals surface area (Å²) in [7, 11) is 0. The minimum Gasteiger partial charge on any atom is -0.325 e. The van der Waals surface area contributed by atoms with Crippen LogP contribution in [0.1, 0.15) is 81.3 Å². The molecule has 0 unspecified atom stereocenters. The predicted octanol–water partition coefficient (Wildman–Crippen LogP) is 6.61. The molecule has 2 N–H and O–H groups in total. The van der Waals surface area contributed by atoms with Crippen LogP contribution in [0.2, 0.25) is 0 Å². The molecule has 2 aromatic carbocycles. The summed E-state index contributed by atoms with van der Waals surface area (Å²) in [6.45, 7) is 10.3. The molecule has 1 fully saturated rings. The van der Waals surface area contributed by atoms with Crippen LogP contribution in [0.5, 0.6) is 0 Å². The molecule has 1 aliphatic heterocycles. The zero-order valence-corrected chi connectivity index (χ0v) is 21.2. The number of hydrogen-bond donors (Lipinski definition) is 2. The maximum absolute atomic E-state index is 13.4. The molecular formula is C28H33F3N4O. The topological polar surface area (TPSA) is 59.0 Å². The van der Waals surface area contributed by atoms with E-state index in [1.165, 1.54) is 6.07 Å². The smallest absolute Gasteiger partial charge is 0.325 e. The highest BCUT2D eigenvalue weighted by Gasteiger charge is 2.41. The van der Waals surface area contributed by atoms with Crippen LogP contribution in [0.4, 0.5) is 18.9 Å². The first-order chi connectivity index (χ1) is 16.8. The van der Waals surface area contributed by atoms with Crippen LogP contribution in [-0.4, -0.2) is 21.7 Å². The summed E-state index contributed by atoms with van der Waals surface area (Å²) in [5.41, 5.74) is 2.09. The molecule has 0 aliphatic carbocycles. The zero-order valence-electron chi connectivity index (χ0n) is 21.2. The molecule has 2 heterocycles. The first-order valence-electron chi connectivity index (χ1n) is 12.2. The van der Waals surface area contributed by atoms with Gasteiger partial charge in [0.15, 0.2) is 0 Å². The molecule has 4 rings (SSSR count). The molecule has 192 valence electrons. The Morgan fingerprint density at radius 3 is 2.44 bits per heavy atom. The van der Waals surface area contributed by atoms with E-state index >= 15 is 0 Å². The van der Waals surface area contributed by atoms with Gasteiger partial charge in [0.05, 0.1) is 22.8 Å². The lowest BCUT2D eigenvalue weighted by Gasteiger charge is -2.21. The molecule has 3 atom stereocenters. The number of nitrogens with one attached hydrogen (secondary N) is 2. The predicted molar refractivity (Wildman–Crippen MR) is 135 cm³/mol. The van der Waals surface area contributed by atoms with Crippen molar-refractivity contribution in [3.05, 3.63) is 83.2 Å². The van der Waals surface area contributed by atoms with Crippen molar-refractivity contribution in [2.75, 3.05) is 5.32 Å². The molecule has 0 radical (unpaired) electrons. The van der Waals surface area contributed by atoms with Gasteiger partial charge in [-0.25, -0.2) is 0 Å². The highest BCUT2D eigenvalue weighted by Crippen LogP contribution is 2.41. The minimum absolute atomic E-state index is 0.217. The van der Waals surface area contributed by atoms with Crippen LogP contribution in [0.25, 0.3) is 0 Å². The lowest BCUT2D eigenvalue weighted by molar-refractivity contribution is -0.137. The second kappa shape index (κ2) is 9.73. The summed E-state index contributed by atoms with van der Waals surface area (Å²) >= 11 is 0. The Morgan fingerprint density at radius 1 is 1.08 bits per heavy atom. The van der Waals surface area contributed by atoms with Gasteiger partial charge >= 0.3 is 6.18 Å². The number of alkyl halides is 3. The Balaban J connectivity index is 1.64. The standard InChI is InChI=1S/C28H33F3N4O/c1-17(2)18-8-7-11-21(15-18)32-26(36)24-16-22(23-12-13-35(34-23)27(3,4)5)25(33-24)19-9-6-10-20(14-19)28(29,30)31/h6-15,17,22,24-25,33H,16H2,1-5H3,(H,32,36)/t22-,24-,25-/m0/s1. The number of hydrogen-bond acceptors (Lipinski definition) is 3. The third-order valence-electron chi connectivity index (χ3n) is 6.66. The Bertz CT molecular complexity index is 1230. The molecule has 1 aromatic heterocycles. The second-order valence-corrected chi connectivity index (χ2v) is 10.8. The SMILES string of the molecule is CC(C)c1cccc(NC(=O)[C@@H]2C[C@@H](c3ccn(C(C)(C)C)n3)[C@H](c3cccc(C(F)(F)F)c3)N2)c1. The van der Waals surface area contributed by atoms with Gasteiger partial charge in [0.25, 0.3) is 0 Å². The Labute approximate surface area is 210 Å². The Hall–Kier alpha value is -3.13. The Kier molecular flexibility index (Phi) is 7.01. The summed E-state index contributed by atoms with van der Waals surface area (Å²) in [6.07, 6.45) is -2.16.